The molecule has 0 saturated carbocycles. The molecule has 1 atom stereocenters. The minimum absolute atomic E-state index is 0. The predicted octanol–water partition coefficient (Wildman–Crippen LogP) is -0.970. The maximum absolute atomic E-state index is 2.49. The molecule has 0 aliphatic heterocycles. The summed E-state index contributed by atoms with van der Waals surface area (Å²) in [6, 6.07) is 13.6. The molecule has 4 heteroatoms. The van der Waals surface area contributed by atoms with Gasteiger partial charge < -0.3 is 24.8 Å². The van der Waals surface area contributed by atoms with Gasteiger partial charge in [-0.2, -0.15) is 0 Å². The average molecular weight is 414 g/mol. The minimum Gasteiger partial charge on any atom is -1.00 e. The van der Waals surface area contributed by atoms with Crippen molar-refractivity contribution in [2.45, 2.75) is 32.9 Å². The van der Waals surface area contributed by atoms with Gasteiger partial charge in [0.25, 0.3) is 0 Å². The second kappa shape index (κ2) is 7.59. The summed E-state index contributed by atoms with van der Waals surface area (Å²) in [4.78, 5) is 0. The van der Waals surface area contributed by atoms with Crippen molar-refractivity contribution in [3.63, 3.8) is 0 Å². The van der Waals surface area contributed by atoms with E-state index in [4.69, 9.17) is 0 Å². The Morgan fingerprint density at radius 3 is 2.33 bits per heavy atom. The Balaban J connectivity index is 0.00000110. The molecular weight excluding hydrogens is 394 g/mol. The second-order valence-electron chi connectivity index (χ2n) is 5.66. The molecule has 0 bridgehead atoms. The van der Waals surface area contributed by atoms with E-state index in [1.165, 1.54) is 10.8 Å². The average Bonchev–Trinajstić information content (AvgIpc) is 2.64. The van der Waals surface area contributed by atoms with Gasteiger partial charge in [0.2, 0.25) is 0 Å². The van der Waals surface area contributed by atoms with Crippen molar-refractivity contribution >= 4 is 20.0 Å². The fourth-order valence-corrected chi connectivity index (χ4v) is 11.1. The molecule has 1 radical (unpaired) electrons. The summed E-state index contributed by atoms with van der Waals surface area (Å²) in [5, 5.41) is 2.89. The Kier molecular flexibility index (Phi) is 6.93. The summed E-state index contributed by atoms with van der Waals surface area (Å²) >= 11 is -0.378. The SMILES string of the molecule is CC1=[C]([Zr+2][Si](C)C)c2c(ccc3ccccc23)C1C.[Cl-].[Cl-]. The van der Waals surface area contributed by atoms with Crippen LogP contribution in [0.5, 0.6) is 0 Å². The monoisotopic (exact) mass is 411 g/mol. The van der Waals surface area contributed by atoms with Gasteiger partial charge in [-0.05, 0) is 0 Å². The summed E-state index contributed by atoms with van der Waals surface area (Å²) in [6.45, 7) is 9.74. The Morgan fingerprint density at radius 2 is 1.67 bits per heavy atom. The zero-order valence-corrected chi connectivity index (χ0v) is 17.8. The van der Waals surface area contributed by atoms with Gasteiger partial charge in [-0.25, -0.2) is 0 Å². The van der Waals surface area contributed by atoms with Gasteiger partial charge in [-0.15, -0.1) is 0 Å². The first kappa shape index (κ1) is 19.2. The fraction of sp³-hybridized carbons (Fsp3) is 0.294. The fourth-order valence-electron chi connectivity index (χ4n) is 2.99. The van der Waals surface area contributed by atoms with E-state index in [0.717, 1.165) is 0 Å². The molecule has 0 amide bonds. The van der Waals surface area contributed by atoms with Gasteiger partial charge in [0.15, 0.2) is 0 Å². The summed E-state index contributed by atoms with van der Waals surface area (Å²) in [5.41, 5.74) is 4.88. The molecule has 2 aromatic rings. The largest absolute Gasteiger partial charge is 1.00 e. The third kappa shape index (κ3) is 3.39. The van der Waals surface area contributed by atoms with Gasteiger partial charge in [0, 0.05) is 0 Å². The molecule has 1 aliphatic rings. The summed E-state index contributed by atoms with van der Waals surface area (Å²) in [7, 11) is 0. The summed E-state index contributed by atoms with van der Waals surface area (Å²) in [6.07, 6.45) is 0. The number of fused-ring (bicyclic) bond motifs is 3. The molecule has 0 aromatic heterocycles. The second-order valence-corrected chi connectivity index (χ2v) is 18.4. The Bertz CT molecular complexity index is 680. The van der Waals surface area contributed by atoms with Crippen molar-refractivity contribution in [1.29, 1.82) is 0 Å². The molecule has 0 spiro atoms. The first-order valence-corrected chi connectivity index (χ1v) is 14.3. The van der Waals surface area contributed by atoms with Crippen molar-refractivity contribution < 1.29 is 47.2 Å². The van der Waals surface area contributed by atoms with Crippen LogP contribution in [0.1, 0.15) is 30.9 Å². The molecule has 3 rings (SSSR count). The third-order valence-electron chi connectivity index (χ3n) is 4.10. The third-order valence-corrected chi connectivity index (χ3v) is 12.0. The van der Waals surface area contributed by atoms with E-state index in [2.05, 4.69) is 63.3 Å². The molecule has 0 saturated heterocycles. The Hall–Kier alpha value is 0.120. The Morgan fingerprint density at radius 1 is 1.00 bits per heavy atom. The van der Waals surface area contributed by atoms with Gasteiger partial charge >= 0.3 is 128 Å². The predicted molar refractivity (Wildman–Crippen MR) is 82.4 cm³/mol. The van der Waals surface area contributed by atoms with Crippen LogP contribution in [-0.2, 0) is 22.4 Å². The van der Waals surface area contributed by atoms with Crippen molar-refractivity contribution in [3.05, 3.63) is 53.1 Å². The molecule has 2 aromatic carbocycles. The summed E-state index contributed by atoms with van der Waals surface area (Å²) < 4.78 is 1.81. The molecule has 1 aliphatic carbocycles. The zero-order valence-electron chi connectivity index (χ0n) is 12.8. The number of hydrogen-bond donors (Lipinski definition) is 0. The normalized spacial score (nSPS) is 16.3. The van der Waals surface area contributed by atoms with Gasteiger partial charge in [-0.1, -0.05) is 0 Å². The maximum atomic E-state index is 2.49. The van der Waals surface area contributed by atoms with Crippen LogP contribution in [0, 0.1) is 0 Å². The first-order valence-electron chi connectivity index (χ1n) is 6.89. The van der Waals surface area contributed by atoms with E-state index in [1.54, 1.807) is 16.7 Å². The van der Waals surface area contributed by atoms with E-state index < -0.39 is 0 Å². The van der Waals surface area contributed by atoms with Crippen LogP contribution < -0.4 is 24.8 Å². The zero-order chi connectivity index (χ0) is 13.6. The van der Waals surface area contributed by atoms with E-state index >= 15 is 0 Å². The molecule has 109 valence electrons. The molecule has 1 unspecified atom stereocenters. The standard InChI is InChI=1S/C15H13.C2H6Si.2ClH.Zr/c1-10-9-15-13(11(10)2)8-7-12-5-3-4-6-14(12)15;1-3-2;;;/h3-8,11H,1-2H3;1-2H3;2*1H;/q;;;;+2/p-2. The van der Waals surface area contributed by atoms with E-state index in [0.29, 0.717) is 5.92 Å². The topological polar surface area (TPSA) is 0 Å². The Labute approximate surface area is 152 Å². The van der Waals surface area contributed by atoms with Gasteiger partial charge in [-0.3, -0.25) is 0 Å². The molecule has 0 nitrogen and oxygen atoms in total. The quantitative estimate of drug-likeness (QED) is 0.556. The number of hydrogen-bond acceptors (Lipinski definition) is 0. The molecule has 0 N–H and O–H groups in total. The molecule has 0 fully saturated rings. The maximum Gasteiger partial charge on any atom is -1.00 e. The molecule has 0 heterocycles. The number of allylic oxidation sites excluding steroid dienone is 1. The van der Waals surface area contributed by atoms with Crippen LogP contribution >= 0.6 is 0 Å². The van der Waals surface area contributed by atoms with Crippen LogP contribution in [-0.4, -0.2) is 5.92 Å². The van der Waals surface area contributed by atoms with Gasteiger partial charge in [0.05, 0.1) is 0 Å². The van der Waals surface area contributed by atoms with Crippen molar-refractivity contribution in [2.24, 2.45) is 0 Å². The van der Waals surface area contributed by atoms with Crippen LogP contribution in [0.2, 0.25) is 13.1 Å². The minimum atomic E-state index is -0.378. The number of halogens is 2. The smallest absolute Gasteiger partial charge is 1.00 e. The number of rotatable bonds is 2. The van der Waals surface area contributed by atoms with Crippen molar-refractivity contribution in [1.82, 2.24) is 0 Å². The van der Waals surface area contributed by atoms with Crippen LogP contribution in [0.3, 0.4) is 0 Å². The van der Waals surface area contributed by atoms with E-state index in [1.807, 2.05) is 3.28 Å². The molecule has 21 heavy (non-hydrogen) atoms. The van der Waals surface area contributed by atoms with E-state index in [-0.39, 0.29) is 53.1 Å². The summed E-state index contributed by atoms with van der Waals surface area (Å²) in [5.74, 6) is 0.565. The van der Waals surface area contributed by atoms with Crippen molar-refractivity contribution in [2.75, 3.05) is 0 Å². The van der Waals surface area contributed by atoms with Crippen LogP contribution in [0.4, 0.5) is 0 Å². The van der Waals surface area contributed by atoms with Crippen LogP contribution in [0.25, 0.3) is 14.1 Å². The number of benzene rings is 2. The van der Waals surface area contributed by atoms with Crippen LogP contribution in [0.15, 0.2) is 42.0 Å². The molecular formula is C17H19Cl2SiZr. The first-order chi connectivity index (χ1) is 9.09. The van der Waals surface area contributed by atoms with E-state index in [9.17, 15) is 0 Å². The van der Waals surface area contributed by atoms with Gasteiger partial charge in [0.1, 0.15) is 0 Å². The van der Waals surface area contributed by atoms with Crippen molar-refractivity contribution in [3.8, 4) is 0 Å².